The Morgan fingerprint density at radius 2 is 1.82 bits per heavy atom. The molecule has 116 valence electrons. The van der Waals surface area contributed by atoms with Crippen molar-refractivity contribution in [2.45, 2.75) is 44.2 Å². The summed E-state index contributed by atoms with van der Waals surface area (Å²) >= 11 is 0. The van der Waals surface area contributed by atoms with Gasteiger partial charge in [0.1, 0.15) is 0 Å². The van der Waals surface area contributed by atoms with Crippen LogP contribution in [0, 0.1) is 33.8 Å². The van der Waals surface area contributed by atoms with Gasteiger partial charge in [-0.1, -0.05) is 6.42 Å². The van der Waals surface area contributed by atoms with Gasteiger partial charge in [-0.3, -0.25) is 10.1 Å². The molecule has 3 aliphatic carbocycles. The smallest absolute Gasteiger partial charge is 0.269 e. The number of hydrogen-bond acceptors (Lipinski definition) is 4. The van der Waals surface area contributed by atoms with Crippen molar-refractivity contribution in [2.24, 2.45) is 23.7 Å². The third-order valence-corrected chi connectivity index (χ3v) is 6.36. The zero-order chi connectivity index (χ0) is 14.8. The summed E-state index contributed by atoms with van der Waals surface area (Å²) in [5.74, 6) is 2.93. The van der Waals surface area contributed by atoms with Crippen molar-refractivity contribution in [1.82, 2.24) is 0 Å². The first-order chi connectivity index (χ1) is 10.7. The number of non-ortho nitro benzene ring substituents is 1. The minimum Gasteiger partial charge on any atom is -0.345 e. The summed E-state index contributed by atoms with van der Waals surface area (Å²) in [4.78, 5) is 10.4. The highest BCUT2D eigenvalue weighted by Crippen LogP contribution is 2.63. The number of hydrogen-bond donors (Lipinski definition) is 0. The normalized spacial score (nSPS) is 45.0. The standard InChI is InChI=1S/C17H19NO4/c19-18(20)10-6-4-9(5-7-10)17-21-14-8-13-11-2-1-3-12(11)15(14)16(13)22-17/h4-7,11-17H,1-3,8H2/t11-,12+,13-,14-,15+,16-,17-/m1/s1. The second kappa shape index (κ2) is 4.52. The summed E-state index contributed by atoms with van der Waals surface area (Å²) in [5, 5.41) is 10.8. The van der Waals surface area contributed by atoms with Crippen molar-refractivity contribution in [3.05, 3.63) is 39.9 Å². The van der Waals surface area contributed by atoms with Gasteiger partial charge in [-0.15, -0.1) is 0 Å². The van der Waals surface area contributed by atoms with E-state index in [1.54, 1.807) is 12.1 Å². The number of ether oxygens (including phenoxy) is 2. The molecule has 3 saturated carbocycles. The maximum absolute atomic E-state index is 10.8. The van der Waals surface area contributed by atoms with Gasteiger partial charge in [0.25, 0.3) is 5.69 Å². The molecule has 1 aromatic carbocycles. The highest BCUT2D eigenvalue weighted by molar-refractivity contribution is 5.33. The van der Waals surface area contributed by atoms with Crippen LogP contribution in [0.2, 0.25) is 0 Å². The molecule has 0 N–H and O–H groups in total. The van der Waals surface area contributed by atoms with E-state index < -0.39 is 0 Å². The average Bonchev–Trinajstić information content (AvgIpc) is 3.16. The van der Waals surface area contributed by atoms with Crippen LogP contribution in [-0.4, -0.2) is 17.1 Å². The van der Waals surface area contributed by atoms with E-state index in [0.717, 1.165) is 23.8 Å². The Kier molecular flexibility index (Phi) is 2.68. The molecule has 0 spiro atoms. The highest BCUT2D eigenvalue weighted by atomic mass is 16.7. The molecular formula is C17H19NO4. The van der Waals surface area contributed by atoms with Crippen LogP contribution in [0.15, 0.2) is 24.3 Å². The fourth-order valence-corrected chi connectivity index (χ4v) is 5.60. The number of benzene rings is 1. The van der Waals surface area contributed by atoms with Gasteiger partial charge < -0.3 is 9.47 Å². The lowest BCUT2D eigenvalue weighted by Gasteiger charge is -2.37. The first-order valence-corrected chi connectivity index (χ1v) is 8.27. The van der Waals surface area contributed by atoms with E-state index in [9.17, 15) is 10.1 Å². The number of nitro groups is 1. The van der Waals surface area contributed by atoms with E-state index >= 15 is 0 Å². The molecule has 4 fully saturated rings. The number of rotatable bonds is 2. The third-order valence-electron chi connectivity index (χ3n) is 6.36. The third kappa shape index (κ3) is 1.66. The van der Waals surface area contributed by atoms with Gasteiger partial charge in [0, 0.05) is 23.6 Å². The predicted molar refractivity (Wildman–Crippen MR) is 78.0 cm³/mol. The van der Waals surface area contributed by atoms with Crippen LogP contribution in [0.3, 0.4) is 0 Å². The Morgan fingerprint density at radius 3 is 2.59 bits per heavy atom. The number of fused-ring (bicyclic) bond motifs is 2. The maximum atomic E-state index is 10.8. The predicted octanol–water partition coefficient (Wildman–Crippen LogP) is 3.44. The van der Waals surface area contributed by atoms with E-state index in [4.69, 9.17) is 9.47 Å². The minimum absolute atomic E-state index is 0.108. The zero-order valence-electron chi connectivity index (χ0n) is 12.3. The van der Waals surface area contributed by atoms with Crippen molar-refractivity contribution >= 4 is 5.69 Å². The molecule has 4 bridgehead atoms. The van der Waals surface area contributed by atoms with Crippen molar-refractivity contribution in [2.75, 3.05) is 0 Å². The maximum Gasteiger partial charge on any atom is 0.269 e. The fourth-order valence-electron chi connectivity index (χ4n) is 5.60. The second-order valence-corrected chi connectivity index (χ2v) is 7.19. The lowest BCUT2D eigenvalue weighted by Crippen LogP contribution is -2.38. The van der Waals surface area contributed by atoms with Crippen molar-refractivity contribution < 1.29 is 14.4 Å². The molecule has 1 heterocycles. The zero-order valence-corrected chi connectivity index (χ0v) is 12.3. The summed E-state index contributed by atoms with van der Waals surface area (Å²) in [5.41, 5.74) is 1.00. The molecule has 0 amide bonds. The van der Waals surface area contributed by atoms with Crippen molar-refractivity contribution in [1.29, 1.82) is 0 Å². The van der Waals surface area contributed by atoms with Gasteiger partial charge in [-0.05, 0) is 49.1 Å². The van der Waals surface area contributed by atoms with Gasteiger partial charge >= 0.3 is 0 Å². The van der Waals surface area contributed by atoms with Crippen molar-refractivity contribution in [3.8, 4) is 0 Å². The molecule has 5 rings (SSSR count). The summed E-state index contributed by atoms with van der Waals surface area (Å²) < 4.78 is 12.5. The molecule has 22 heavy (non-hydrogen) atoms. The SMILES string of the molecule is O=[N+]([O-])c1ccc([C@H]2O[C@@H]3[C@@H]4C[C@@H](O2)[C@@H]3[C@H]2CCC[C@@H]42)cc1. The topological polar surface area (TPSA) is 61.6 Å². The molecule has 5 heteroatoms. The summed E-state index contributed by atoms with van der Waals surface area (Å²) in [6.45, 7) is 0. The molecule has 5 nitrogen and oxygen atoms in total. The first-order valence-electron chi connectivity index (χ1n) is 8.27. The van der Waals surface area contributed by atoms with Gasteiger partial charge in [0.15, 0.2) is 6.29 Å². The molecule has 7 atom stereocenters. The Balaban J connectivity index is 1.39. The van der Waals surface area contributed by atoms with Crippen LogP contribution in [-0.2, 0) is 9.47 Å². The monoisotopic (exact) mass is 301 g/mol. The number of nitro benzene ring substituents is 1. The van der Waals surface area contributed by atoms with Crippen LogP contribution >= 0.6 is 0 Å². The molecule has 4 aliphatic rings. The summed E-state index contributed by atoms with van der Waals surface area (Å²) in [6.07, 6.45) is 5.52. The lowest BCUT2D eigenvalue weighted by atomic mass is 9.80. The Bertz CT molecular complexity index is 616. The van der Waals surface area contributed by atoms with E-state index in [-0.39, 0.29) is 16.9 Å². The minimum atomic E-state index is -0.378. The average molecular weight is 301 g/mol. The van der Waals surface area contributed by atoms with E-state index in [2.05, 4.69) is 0 Å². The molecule has 0 unspecified atom stereocenters. The van der Waals surface area contributed by atoms with Gasteiger partial charge in [0.2, 0.25) is 0 Å². The van der Waals surface area contributed by atoms with Crippen molar-refractivity contribution in [3.63, 3.8) is 0 Å². The molecule has 1 aliphatic heterocycles. The van der Waals surface area contributed by atoms with Crippen LogP contribution in [0.4, 0.5) is 5.69 Å². The fraction of sp³-hybridized carbons (Fsp3) is 0.647. The van der Waals surface area contributed by atoms with E-state index in [1.807, 2.05) is 0 Å². The van der Waals surface area contributed by atoms with E-state index in [1.165, 1.54) is 31.4 Å². The second-order valence-electron chi connectivity index (χ2n) is 7.19. The molecule has 0 aromatic heterocycles. The quantitative estimate of drug-likeness (QED) is 0.620. The molecular weight excluding hydrogens is 282 g/mol. The van der Waals surface area contributed by atoms with Gasteiger partial charge in [0.05, 0.1) is 17.1 Å². The first kappa shape index (κ1) is 13.0. The van der Waals surface area contributed by atoms with Crippen LogP contribution < -0.4 is 0 Å². The summed E-state index contributed by atoms with van der Waals surface area (Å²) in [7, 11) is 0. The van der Waals surface area contributed by atoms with Crippen LogP contribution in [0.1, 0.15) is 37.5 Å². The Labute approximate surface area is 128 Å². The summed E-state index contributed by atoms with van der Waals surface area (Å²) in [6, 6.07) is 6.58. The van der Waals surface area contributed by atoms with Crippen LogP contribution in [0.25, 0.3) is 0 Å². The largest absolute Gasteiger partial charge is 0.345 e. The van der Waals surface area contributed by atoms with Gasteiger partial charge in [-0.25, -0.2) is 0 Å². The molecule has 1 aromatic rings. The Morgan fingerprint density at radius 1 is 1.05 bits per heavy atom. The van der Waals surface area contributed by atoms with Crippen LogP contribution in [0.5, 0.6) is 0 Å². The lowest BCUT2D eigenvalue weighted by molar-refractivity contribution is -0.384. The van der Waals surface area contributed by atoms with Gasteiger partial charge in [-0.2, -0.15) is 0 Å². The Hall–Kier alpha value is -1.46. The van der Waals surface area contributed by atoms with E-state index in [0.29, 0.717) is 24.0 Å². The number of nitrogens with zero attached hydrogens (tertiary/aromatic N) is 1. The molecule has 1 saturated heterocycles. The molecule has 0 radical (unpaired) electrons. The highest BCUT2D eigenvalue weighted by Gasteiger charge is 2.63.